The average Bonchev–Trinajstić information content (AvgIpc) is 2.40. The Morgan fingerprint density at radius 3 is 2.57 bits per heavy atom. The molecule has 0 saturated carbocycles. The van der Waals surface area contributed by atoms with Crippen LogP contribution in [-0.2, 0) is 16.6 Å². The normalized spacial score (nSPS) is 11.4. The largest absolute Gasteiger partial charge is 0.399 e. The molecule has 112 valence electrons. The van der Waals surface area contributed by atoms with Gasteiger partial charge in [0.2, 0.25) is 10.0 Å². The van der Waals surface area contributed by atoms with E-state index in [0.717, 1.165) is 4.47 Å². The molecule has 0 saturated heterocycles. The minimum atomic E-state index is -3.92. The van der Waals surface area contributed by atoms with Gasteiger partial charge in [-0.1, -0.05) is 15.9 Å². The monoisotopic (exact) mass is 373 g/mol. The third-order valence-corrected chi connectivity index (χ3v) is 4.23. The van der Waals surface area contributed by atoms with E-state index in [9.17, 15) is 12.8 Å². The van der Waals surface area contributed by atoms with Crippen LogP contribution in [0.15, 0.2) is 45.8 Å². The van der Waals surface area contributed by atoms with Crippen LogP contribution in [0.25, 0.3) is 0 Å². The van der Waals surface area contributed by atoms with Gasteiger partial charge in [0.1, 0.15) is 10.7 Å². The van der Waals surface area contributed by atoms with E-state index in [1.165, 1.54) is 24.3 Å². The highest BCUT2D eigenvalue weighted by Gasteiger charge is 2.14. The number of primary sulfonamides is 1. The Morgan fingerprint density at radius 2 is 1.90 bits per heavy atom. The lowest BCUT2D eigenvalue weighted by Crippen LogP contribution is -2.15. The number of anilines is 2. The fraction of sp³-hybridized carbons (Fsp3) is 0.0769. The van der Waals surface area contributed by atoms with E-state index in [0.29, 0.717) is 5.56 Å². The van der Waals surface area contributed by atoms with Gasteiger partial charge in [-0.25, -0.2) is 17.9 Å². The highest BCUT2D eigenvalue weighted by Crippen LogP contribution is 2.24. The summed E-state index contributed by atoms with van der Waals surface area (Å²) in [4.78, 5) is -0.127. The second-order valence-corrected chi connectivity index (χ2v) is 6.84. The van der Waals surface area contributed by atoms with E-state index in [-0.39, 0.29) is 22.8 Å². The van der Waals surface area contributed by atoms with Crippen molar-refractivity contribution in [3.8, 4) is 0 Å². The molecule has 0 atom stereocenters. The Balaban J connectivity index is 2.30. The van der Waals surface area contributed by atoms with Crippen molar-refractivity contribution in [2.24, 2.45) is 5.14 Å². The fourth-order valence-electron chi connectivity index (χ4n) is 1.79. The minimum Gasteiger partial charge on any atom is -0.399 e. The molecule has 0 spiro atoms. The van der Waals surface area contributed by atoms with Gasteiger partial charge in [0.25, 0.3) is 0 Å². The van der Waals surface area contributed by atoms with Crippen molar-refractivity contribution in [1.29, 1.82) is 0 Å². The van der Waals surface area contributed by atoms with E-state index in [1.807, 2.05) is 0 Å². The van der Waals surface area contributed by atoms with E-state index in [4.69, 9.17) is 10.9 Å². The molecule has 2 aromatic carbocycles. The van der Waals surface area contributed by atoms with Crippen LogP contribution in [0.4, 0.5) is 15.8 Å². The van der Waals surface area contributed by atoms with Crippen molar-refractivity contribution in [2.75, 3.05) is 11.1 Å². The molecule has 0 fully saturated rings. The van der Waals surface area contributed by atoms with Crippen LogP contribution in [0.3, 0.4) is 0 Å². The maximum absolute atomic E-state index is 13.6. The Hall–Kier alpha value is -1.64. The number of nitrogens with one attached hydrogen (secondary N) is 1. The van der Waals surface area contributed by atoms with Gasteiger partial charge in [0, 0.05) is 22.3 Å². The molecule has 0 aliphatic heterocycles. The first kappa shape index (κ1) is 15.7. The predicted molar refractivity (Wildman–Crippen MR) is 83.7 cm³/mol. The van der Waals surface area contributed by atoms with E-state index < -0.39 is 15.8 Å². The summed E-state index contributed by atoms with van der Waals surface area (Å²) < 4.78 is 37.5. The van der Waals surface area contributed by atoms with Crippen LogP contribution >= 0.6 is 15.9 Å². The van der Waals surface area contributed by atoms with Crippen LogP contribution in [0.5, 0.6) is 0 Å². The van der Waals surface area contributed by atoms with Gasteiger partial charge in [0.05, 0.1) is 5.69 Å². The SMILES string of the molecule is Nc1ccc(NCc2cc(Br)ccc2F)c(S(N)(=O)=O)c1. The summed E-state index contributed by atoms with van der Waals surface area (Å²) in [5, 5.41) is 8.00. The maximum atomic E-state index is 13.6. The Labute approximate surface area is 130 Å². The van der Waals surface area contributed by atoms with Gasteiger partial charge in [0.15, 0.2) is 0 Å². The van der Waals surface area contributed by atoms with Crippen molar-refractivity contribution in [2.45, 2.75) is 11.4 Å². The van der Waals surface area contributed by atoms with E-state index in [1.54, 1.807) is 12.1 Å². The van der Waals surface area contributed by atoms with E-state index in [2.05, 4.69) is 21.2 Å². The average molecular weight is 374 g/mol. The molecule has 8 heteroatoms. The molecule has 0 aromatic heterocycles. The lowest BCUT2D eigenvalue weighted by Gasteiger charge is -2.12. The molecule has 2 rings (SSSR count). The first-order chi connectivity index (χ1) is 9.77. The molecule has 2 aromatic rings. The number of nitrogens with two attached hydrogens (primary N) is 2. The van der Waals surface area contributed by atoms with E-state index >= 15 is 0 Å². The number of nitrogen functional groups attached to an aromatic ring is 1. The van der Waals surface area contributed by atoms with Crippen LogP contribution < -0.4 is 16.2 Å². The molecule has 21 heavy (non-hydrogen) atoms. The molecular weight excluding hydrogens is 361 g/mol. The Bertz CT molecular complexity index is 781. The Kier molecular flexibility index (Phi) is 4.50. The van der Waals surface area contributed by atoms with Crippen molar-refractivity contribution in [3.63, 3.8) is 0 Å². The third kappa shape index (κ3) is 3.93. The van der Waals surface area contributed by atoms with Gasteiger partial charge in [-0.2, -0.15) is 0 Å². The van der Waals surface area contributed by atoms with Gasteiger partial charge < -0.3 is 11.1 Å². The molecular formula is C13H13BrFN3O2S. The summed E-state index contributed by atoms with van der Waals surface area (Å²) in [5.74, 6) is -0.390. The minimum absolute atomic E-state index is 0.109. The topological polar surface area (TPSA) is 98.2 Å². The lowest BCUT2D eigenvalue weighted by molar-refractivity contribution is 0.598. The second kappa shape index (κ2) is 6.00. The molecule has 0 bridgehead atoms. The highest BCUT2D eigenvalue weighted by atomic mass is 79.9. The summed E-state index contributed by atoms with van der Waals surface area (Å²) in [6.45, 7) is 0.109. The van der Waals surface area contributed by atoms with Crippen LogP contribution in [0.1, 0.15) is 5.56 Å². The zero-order valence-electron chi connectivity index (χ0n) is 10.8. The standard InChI is InChI=1S/C13H13BrFN3O2S/c14-9-1-3-11(15)8(5-9)7-18-12-4-2-10(16)6-13(12)21(17,19)20/h1-6,18H,7,16H2,(H2,17,19,20). The first-order valence-electron chi connectivity index (χ1n) is 5.87. The molecule has 0 radical (unpaired) electrons. The number of hydrogen-bond acceptors (Lipinski definition) is 4. The Morgan fingerprint density at radius 1 is 1.19 bits per heavy atom. The number of benzene rings is 2. The number of hydrogen-bond donors (Lipinski definition) is 3. The maximum Gasteiger partial charge on any atom is 0.240 e. The summed E-state index contributed by atoms with van der Waals surface area (Å²) >= 11 is 3.25. The van der Waals surface area contributed by atoms with Crippen molar-refractivity contribution < 1.29 is 12.8 Å². The molecule has 0 aliphatic carbocycles. The predicted octanol–water partition coefficient (Wildman–Crippen LogP) is 2.43. The van der Waals surface area contributed by atoms with Crippen LogP contribution in [0, 0.1) is 5.82 Å². The first-order valence-corrected chi connectivity index (χ1v) is 8.21. The zero-order chi connectivity index (χ0) is 15.6. The summed E-state index contributed by atoms with van der Waals surface area (Å²) in [6, 6.07) is 8.80. The molecule has 0 amide bonds. The number of sulfonamides is 1. The molecule has 0 aliphatic rings. The summed E-state index contributed by atoms with van der Waals surface area (Å²) in [5.41, 5.74) is 6.50. The van der Waals surface area contributed by atoms with Gasteiger partial charge in [-0.15, -0.1) is 0 Å². The molecule has 0 unspecified atom stereocenters. The number of halogens is 2. The molecule has 5 nitrogen and oxygen atoms in total. The number of rotatable bonds is 4. The fourth-order valence-corrected chi connectivity index (χ4v) is 2.95. The molecule has 0 heterocycles. The summed E-state index contributed by atoms with van der Waals surface area (Å²) in [6.07, 6.45) is 0. The van der Waals surface area contributed by atoms with Gasteiger partial charge in [-0.3, -0.25) is 0 Å². The van der Waals surface area contributed by atoms with Crippen molar-refractivity contribution in [1.82, 2.24) is 0 Å². The quantitative estimate of drug-likeness (QED) is 0.716. The van der Waals surface area contributed by atoms with Crippen LogP contribution in [0.2, 0.25) is 0 Å². The molecule has 5 N–H and O–H groups in total. The second-order valence-electron chi connectivity index (χ2n) is 4.39. The van der Waals surface area contributed by atoms with Gasteiger partial charge in [-0.05, 0) is 36.4 Å². The van der Waals surface area contributed by atoms with Gasteiger partial charge >= 0.3 is 0 Å². The zero-order valence-corrected chi connectivity index (χ0v) is 13.2. The van der Waals surface area contributed by atoms with Crippen LogP contribution in [-0.4, -0.2) is 8.42 Å². The lowest BCUT2D eigenvalue weighted by atomic mass is 10.2. The van der Waals surface area contributed by atoms with Crippen molar-refractivity contribution >= 4 is 37.3 Å². The smallest absolute Gasteiger partial charge is 0.240 e. The third-order valence-electron chi connectivity index (χ3n) is 2.79. The van der Waals surface area contributed by atoms with Crippen molar-refractivity contribution in [3.05, 3.63) is 52.3 Å². The highest BCUT2D eigenvalue weighted by molar-refractivity contribution is 9.10. The summed E-state index contributed by atoms with van der Waals surface area (Å²) in [7, 11) is -3.92.